The molecule has 0 amide bonds. The van der Waals surface area contributed by atoms with Crippen molar-refractivity contribution in [2.45, 2.75) is 84.5 Å². The van der Waals surface area contributed by atoms with Crippen molar-refractivity contribution < 1.29 is 0 Å². The molecule has 0 nitrogen and oxygen atoms in total. The van der Waals surface area contributed by atoms with Gasteiger partial charge in [-0.2, -0.15) is 0 Å². The highest BCUT2D eigenvalue weighted by atomic mass is 14.3. The largest absolute Gasteiger partial charge is 0.0651 e. The summed E-state index contributed by atoms with van der Waals surface area (Å²) in [6.45, 7) is 9.50. The summed E-state index contributed by atoms with van der Waals surface area (Å²) in [5, 5.41) is 0. The van der Waals surface area contributed by atoms with Gasteiger partial charge >= 0.3 is 0 Å². The second-order valence-electron chi connectivity index (χ2n) is 7.52. The fraction of sp³-hybridized carbons (Fsp3) is 0.714. The highest BCUT2D eigenvalue weighted by Gasteiger charge is 2.25. The molecule has 0 heterocycles. The Morgan fingerprint density at radius 3 is 2.14 bits per heavy atom. The van der Waals surface area contributed by atoms with E-state index >= 15 is 0 Å². The van der Waals surface area contributed by atoms with Gasteiger partial charge in [0.15, 0.2) is 0 Å². The van der Waals surface area contributed by atoms with Crippen molar-refractivity contribution in [2.75, 3.05) is 0 Å². The smallest absolute Gasteiger partial charge is 0.0131 e. The highest BCUT2D eigenvalue weighted by molar-refractivity contribution is 5.33. The molecule has 2 rings (SSSR count). The van der Waals surface area contributed by atoms with Crippen LogP contribution < -0.4 is 0 Å². The maximum atomic E-state index is 2.46. The van der Waals surface area contributed by atoms with Crippen LogP contribution in [0.2, 0.25) is 0 Å². The van der Waals surface area contributed by atoms with Crippen LogP contribution in [0.5, 0.6) is 0 Å². The Balaban J connectivity index is 2.23. The first-order valence-corrected chi connectivity index (χ1v) is 9.22. The van der Waals surface area contributed by atoms with E-state index in [0.717, 1.165) is 17.8 Å². The van der Waals surface area contributed by atoms with E-state index in [1.165, 1.54) is 44.9 Å². The lowest BCUT2D eigenvalue weighted by atomic mass is 9.73. The van der Waals surface area contributed by atoms with E-state index in [4.69, 9.17) is 0 Å². The van der Waals surface area contributed by atoms with Gasteiger partial charge in [0, 0.05) is 0 Å². The fourth-order valence-electron chi connectivity index (χ4n) is 4.11. The minimum absolute atomic E-state index is 0.638. The third-order valence-electron chi connectivity index (χ3n) is 5.66. The van der Waals surface area contributed by atoms with Gasteiger partial charge in [-0.15, -0.1) is 0 Å². The maximum Gasteiger partial charge on any atom is -0.0131 e. The Hall–Kier alpha value is -0.780. The van der Waals surface area contributed by atoms with E-state index in [2.05, 4.69) is 52.0 Å². The summed E-state index contributed by atoms with van der Waals surface area (Å²) in [5.41, 5.74) is 3.23. The molecule has 1 fully saturated rings. The summed E-state index contributed by atoms with van der Waals surface area (Å²) in [5.74, 6) is 3.17. The van der Waals surface area contributed by atoms with Gasteiger partial charge in [-0.05, 0) is 41.2 Å². The van der Waals surface area contributed by atoms with Crippen LogP contribution in [0.3, 0.4) is 0 Å². The summed E-state index contributed by atoms with van der Waals surface area (Å²) in [4.78, 5) is 0. The van der Waals surface area contributed by atoms with Crippen LogP contribution in [0.1, 0.15) is 95.6 Å². The Bertz CT molecular complexity index is 412. The van der Waals surface area contributed by atoms with Gasteiger partial charge in [0.1, 0.15) is 0 Å². The van der Waals surface area contributed by atoms with Gasteiger partial charge in [-0.3, -0.25) is 0 Å². The van der Waals surface area contributed by atoms with E-state index in [9.17, 15) is 0 Å². The molecule has 1 aromatic carbocycles. The Morgan fingerprint density at radius 1 is 0.952 bits per heavy atom. The SMILES string of the molecule is CCC(C)C(CC1CCCCC1)c1ccccc1C(C)C. The van der Waals surface area contributed by atoms with Crippen LogP contribution in [0, 0.1) is 11.8 Å². The van der Waals surface area contributed by atoms with E-state index in [1.54, 1.807) is 11.1 Å². The number of hydrogen-bond acceptors (Lipinski definition) is 0. The van der Waals surface area contributed by atoms with Crippen molar-refractivity contribution in [2.24, 2.45) is 11.8 Å². The molecule has 1 aromatic rings. The van der Waals surface area contributed by atoms with Gasteiger partial charge in [-0.1, -0.05) is 90.5 Å². The van der Waals surface area contributed by atoms with E-state index in [1.807, 2.05) is 0 Å². The van der Waals surface area contributed by atoms with Crippen LogP contribution >= 0.6 is 0 Å². The molecule has 0 radical (unpaired) electrons. The van der Waals surface area contributed by atoms with Crippen LogP contribution in [0.15, 0.2) is 24.3 Å². The summed E-state index contributed by atoms with van der Waals surface area (Å²) in [7, 11) is 0. The van der Waals surface area contributed by atoms with Crippen molar-refractivity contribution in [3.63, 3.8) is 0 Å². The number of hydrogen-bond donors (Lipinski definition) is 0. The second kappa shape index (κ2) is 8.01. The predicted molar refractivity (Wildman–Crippen MR) is 93.9 cm³/mol. The number of benzene rings is 1. The van der Waals surface area contributed by atoms with Gasteiger partial charge in [0.2, 0.25) is 0 Å². The fourth-order valence-corrected chi connectivity index (χ4v) is 4.11. The molecule has 1 aliphatic rings. The first kappa shape index (κ1) is 16.6. The monoisotopic (exact) mass is 286 g/mol. The quantitative estimate of drug-likeness (QED) is 0.533. The predicted octanol–water partition coefficient (Wildman–Crippen LogP) is 6.91. The summed E-state index contributed by atoms with van der Waals surface area (Å²) < 4.78 is 0. The van der Waals surface area contributed by atoms with Crippen molar-refractivity contribution in [3.05, 3.63) is 35.4 Å². The molecule has 0 spiro atoms. The molecule has 0 bridgehead atoms. The lowest BCUT2D eigenvalue weighted by Gasteiger charge is -2.32. The maximum absolute atomic E-state index is 2.46. The molecule has 0 aliphatic heterocycles. The summed E-state index contributed by atoms with van der Waals surface area (Å²) >= 11 is 0. The summed E-state index contributed by atoms with van der Waals surface area (Å²) in [6.07, 6.45) is 10.0. The van der Waals surface area contributed by atoms with Crippen LogP contribution in [-0.4, -0.2) is 0 Å². The molecule has 118 valence electrons. The molecule has 2 unspecified atom stereocenters. The van der Waals surface area contributed by atoms with Gasteiger partial charge < -0.3 is 0 Å². The molecular weight excluding hydrogens is 252 g/mol. The zero-order valence-electron chi connectivity index (χ0n) is 14.6. The zero-order valence-corrected chi connectivity index (χ0v) is 14.6. The van der Waals surface area contributed by atoms with Gasteiger partial charge in [0.25, 0.3) is 0 Å². The molecule has 21 heavy (non-hydrogen) atoms. The molecule has 0 N–H and O–H groups in total. The van der Waals surface area contributed by atoms with Gasteiger partial charge in [0.05, 0.1) is 0 Å². The summed E-state index contributed by atoms with van der Waals surface area (Å²) in [6, 6.07) is 9.23. The minimum atomic E-state index is 0.638. The lowest BCUT2D eigenvalue weighted by Crippen LogP contribution is -2.18. The molecule has 1 saturated carbocycles. The number of rotatable bonds is 6. The second-order valence-corrected chi connectivity index (χ2v) is 7.52. The van der Waals surface area contributed by atoms with E-state index < -0.39 is 0 Å². The normalized spacial score (nSPS) is 19.7. The molecule has 1 aliphatic carbocycles. The van der Waals surface area contributed by atoms with E-state index in [0.29, 0.717) is 5.92 Å². The Labute approximate surface area is 132 Å². The van der Waals surface area contributed by atoms with Crippen molar-refractivity contribution in [1.29, 1.82) is 0 Å². The minimum Gasteiger partial charge on any atom is -0.0651 e. The van der Waals surface area contributed by atoms with Crippen LogP contribution in [0.25, 0.3) is 0 Å². The lowest BCUT2D eigenvalue weighted by molar-refractivity contribution is 0.282. The third kappa shape index (κ3) is 4.34. The van der Waals surface area contributed by atoms with Crippen molar-refractivity contribution in [3.8, 4) is 0 Å². The average Bonchev–Trinajstić information content (AvgIpc) is 2.53. The van der Waals surface area contributed by atoms with Crippen molar-refractivity contribution >= 4 is 0 Å². The standard InChI is InChI=1S/C21H34/c1-5-17(4)21(15-18-11-7-6-8-12-18)20-14-10-9-13-19(20)16(2)3/h9-10,13-14,16-18,21H,5-8,11-12,15H2,1-4H3. The Morgan fingerprint density at radius 2 is 1.57 bits per heavy atom. The highest BCUT2D eigenvalue weighted by Crippen LogP contribution is 2.40. The van der Waals surface area contributed by atoms with Crippen LogP contribution in [-0.2, 0) is 0 Å². The molecule has 0 aromatic heterocycles. The van der Waals surface area contributed by atoms with Crippen molar-refractivity contribution in [1.82, 2.24) is 0 Å². The topological polar surface area (TPSA) is 0 Å². The van der Waals surface area contributed by atoms with E-state index in [-0.39, 0.29) is 0 Å². The van der Waals surface area contributed by atoms with Crippen LogP contribution in [0.4, 0.5) is 0 Å². The first-order valence-electron chi connectivity index (χ1n) is 9.22. The molecule has 2 atom stereocenters. The molecule has 0 saturated heterocycles. The molecule has 0 heteroatoms. The molecular formula is C21H34. The third-order valence-corrected chi connectivity index (χ3v) is 5.66. The Kier molecular flexibility index (Phi) is 6.33. The van der Waals surface area contributed by atoms with Gasteiger partial charge in [-0.25, -0.2) is 0 Å². The zero-order chi connectivity index (χ0) is 15.2. The first-order chi connectivity index (χ1) is 10.1. The average molecular weight is 287 g/mol.